The smallest absolute Gasteiger partial charge is 0.00561 e. The number of hydrogen-bond acceptors (Lipinski definition) is 0. The fraction of sp³-hybridized carbons (Fsp3) is 0.0500. The first-order valence-electron chi connectivity index (χ1n) is 14.1. The fourth-order valence-electron chi connectivity index (χ4n) is 6.61. The molecule has 0 radical (unpaired) electrons. The maximum atomic E-state index is 2.44. The molecular weight excluding hydrogens is 480 g/mol. The van der Waals surface area contributed by atoms with Gasteiger partial charge in [-0.3, -0.25) is 0 Å². The largest absolute Gasteiger partial charge is 0.0767 e. The second kappa shape index (κ2) is 9.36. The lowest BCUT2D eigenvalue weighted by Crippen LogP contribution is -2.06. The Morgan fingerprint density at radius 1 is 0.500 bits per heavy atom. The van der Waals surface area contributed by atoms with Crippen LogP contribution in [-0.2, 0) is 0 Å². The Kier molecular flexibility index (Phi) is 5.38. The van der Waals surface area contributed by atoms with E-state index >= 15 is 0 Å². The quantitative estimate of drug-likeness (QED) is 0.209. The van der Waals surface area contributed by atoms with Gasteiger partial charge in [-0.05, 0) is 89.8 Å². The molecule has 0 bridgehead atoms. The van der Waals surface area contributed by atoms with E-state index in [9.17, 15) is 0 Å². The second-order valence-electron chi connectivity index (χ2n) is 10.9. The molecule has 0 saturated heterocycles. The standard InChI is InChI=1S/C40H28/c1-3-12-29-24-32(22-20-27(29)10-1)31-14-9-15-33(26-31)39-35-16-5-7-18-37(35)40(38-19-8-6-17-36(38)39)34-23-21-28-11-2-4-13-30(28)25-34/h1-20,22-26,28H,21H2. The summed E-state index contributed by atoms with van der Waals surface area (Å²) in [5.41, 5.74) is 9.11. The lowest BCUT2D eigenvalue weighted by molar-refractivity contribution is 0.783. The van der Waals surface area contributed by atoms with E-state index in [0.29, 0.717) is 5.92 Å². The summed E-state index contributed by atoms with van der Waals surface area (Å²) in [6, 6.07) is 42.3. The summed E-state index contributed by atoms with van der Waals surface area (Å²) in [6.45, 7) is 0. The Balaban J connectivity index is 1.35. The van der Waals surface area contributed by atoms with Gasteiger partial charge in [0.05, 0.1) is 0 Å². The van der Waals surface area contributed by atoms with Crippen LogP contribution in [0.25, 0.3) is 60.1 Å². The minimum Gasteiger partial charge on any atom is -0.0767 e. The van der Waals surface area contributed by atoms with Crippen LogP contribution in [0.2, 0.25) is 0 Å². The van der Waals surface area contributed by atoms with Crippen molar-refractivity contribution in [3.63, 3.8) is 0 Å². The van der Waals surface area contributed by atoms with Gasteiger partial charge in [0, 0.05) is 5.92 Å². The van der Waals surface area contributed by atoms with E-state index < -0.39 is 0 Å². The molecule has 6 aromatic rings. The summed E-state index contributed by atoms with van der Waals surface area (Å²) in [7, 11) is 0. The van der Waals surface area contributed by atoms with Crippen LogP contribution in [0.15, 0.2) is 157 Å². The zero-order chi connectivity index (χ0) is 26.5. The lowest BCUT2D eigenvalue weighted by Gasteiger charge is -2.24. The third kappa shape index (κ3) is 3.76. The van der Waals surface area contributed by atoms with Gasteiger partial charge in [-0.25, -0.2) is 0 Å². The molecule has 188 valence electrons. The van der Waals surface area contributed by atoms with E-state index in [-0.39, 0.29) is 0 Å². The van der Waals surface area contributed by atoms with Crippen molar-refractivity contribution in [1.29, 1.82) is 0 Å². The lowest BCUT2D eigenvalue weighted by atomic mass is 9.80. The predicted molar refractivity (Wildman–Crippen MR) is 172 cm³/mol. The molecule has 0 fully saturated rings. The molecule has 0 heterocycles. The first-order valence-corrected chi connectivity index (χ1v) is 14.1. The van der Waals surface area contributed by atoms with Crippen LogP contribution < -0.4 is 0 Å². The highest BCUT2D eigenvalue weighted by Crippen LogP contribution is 2.44. The molecule has 0 amide bonds. The number of allylic oxidation sites excluding steroid dienone is 8. The van der Waals surface area contributed by atoms with Gasteiger partial charge < -0.3 is 0 Å². The molecule has 1 unspecified atom stereocenters. The average molecular weight is 509 g/mol. The maximum Gasteiger partial charge on any atom is 0.00561 e. The van der Waals surface area contributed by atoms with Crippen LogP contribution in [-0.4, -0.2) is 0 Å². The third-order valence-electron chi connectivity index (χ3n) is 8.54. The molecular formula is C40H28. The SMILES string of the molecule is C1=CC2=CC(c3c4ccccc4c(-c4cccc(-c5ccc6ccccc6c5)c4)c4ccccc34)=CCC2C=C1. The van der Waals surface area contributed by atoms with Crippen molar-refractivity contribution in [2.45, 2.75) is 6.42 Å². The number of benzene rings is 6. The molecule has 1 atom stereocenters. The molecule has 0 saturated carbocycles. The molecule has 40 heavy (non-hydrogen) atoms. The number of fused-ring (bicyclic) bond motifs is 4. The predicted octanol–water partition coefficient (Wildman–Crippen LogP) is 10.9. The molecule has 0 nitrogen and oxygen atoms in total. The van der Waals surface area contributed by atoms with E-state index in [0.717, 1.165) is 6.42 Å². The second-order valence-corrected chi connectivity index (χ2v) is 10.9. The van der Waals surface area contributed by atoms with Crippen LogP contribution in [0.3, 0.4) is 0 Å². The molecule has 0 N–H and O–H groups in total. The zero-order valence-corrected chi connectivity index (χ0v) is 22.2. The zero-order valence-electron chi connectivity index (χ0n) is 22.2. The van der Waals surface area contributed by atoms with Gasteiger partial charge in [0.15, 0.2) is 0 Å². The van der Waals surface area contributed by atoms with Crippen molar-refractivity contribution in [2.75, 3.05) is 0 Å². The van der Waals surface area contributed by atoms with Crippen molar-refractivity contribution >= 4 is 37.9 Å². The van der Waals surface area contributed by atoms with E-state index in [1.165, 1.54) is 71.3 Å². The summed E-state index contributed by atoms with van der Waals surface area (Å²) in [5, 5.41) is 7.76. The van der Waals surface area contributed by atoms with Crippen LogP contribution in [0.1, 0.15) is 12.0 Å². The third-order valence-corrected chi connectivity index (χ3v) is 8.54. The van der Waals surface area contributed by atoms with Crippen molar-refractivity contribution in [3.05, 3.63) is 163 Å². The number of rotatable bonds is 3. The topological polar surface area (TPSA) is 0 Å². The van der Waals surface area contributed by atoms with Gasteiger partial charge >= 0.3 is 0 Å². The average Bonchev–Trinajstić information content (AvgIpc) is 3.03. The Bertz CT molecular complexity index is 2020. The van der Waals surface area contributed by atoms with Crippen LogP contribution in [0, 0.1) is 5.92 Å². The molecule has 6 aromatic carbocycles. The van der Waals surface area contributed by atoms with Gasteiger partial charge in [0.25, 0.3) is 0 Å². The van der Waals surface area contributed by atoms with Crippen molar-refractivity contribution in [1.82, 2.24) is 0 Å². The fourth-order valence-corrected chi connectivity index (χ4v) is 6.61. The summed E-state index contributed by atoms with van der Waals surface area (Å²) < 4.78 is 0. The first kappa shape index (κ1) is 23.0. The minimum absolute atomic E-state index is 0.489. The Morgan fingerprint density at radius 2 is 1.15 bits per heavy atom. The van der Waals surface area contributed by atoms with E-state index in [1.54, 1.807) is 0 Å². The molecule has 8 rings (SSSR count). The van der Waals surface area contributed by atoms with Crippen molar-refractivity contribution in [3.8, 4) is 22.3 Å². The highest BCUT2D eigenvalue weighted by atomic mass is 14.2. The molecule has 0 spiro atoms. The van der Waals surface area contributed by atoms with E-state index in [4.69, 9.17) is 0 Å². The Hall–Kier alpha value is -4.94. The maximum absolute atomic E-state index is 2.44. The molecule has 2 aliphatic carbocycles. The molecule has 0 aliphatic heterocycles. The normalized spacial score (nSPS) is 16.2. The van der Waals surface area contributed by atoms with Gasteiger partial charge in [0.1, 0.15) is 0 Å². The molecule has 0 heteroatoms. The minimum atomic E-state index is 0.489. The summed E-state index contributed by atoms with van der Waals surface area (Å²) in [6.07, 6.45) is 14.8. The summed E-state index contributed by atoms with van der Waals surface area (Å²) in [4.78, 5) is 0. The first-order chi connectivity index (χ1) is 19.8. The summed E-state index contributed by atoms with van der Waals surface area (Å²) in [5.74, 6) is 0.489. The molecule has 2 aliphatic rings. The van der Waals surface area contributed by atoms with Crippen molar-refractivity contribution in [2.24, 2.45) is 5.92 Å². The van der Waals surface area contributed by atoms with Crippen LogP contribution >= 0.6 is 0 Å². The van der Waals surface area contributed by atoms with E-state index in [1.807, 2.05) is 0 Å². The Morgan fingerprint density at radius 3 is 1.93 bits per heavy atom. The number of hydrogen-bond donors (Lipinski definition) is 0. The summed E-state index contributed by atoms with van der Waals surface area (Å²) >= 11 is 0. The monoisotopic (exact) mass is 508 g/mol. The van der Waals surface area contributed by atoms with Gasteiger partial charge in [-0.1, -0.05) is 140 Å². The van der Waals surface area contributed by atoms with Crippen LogP contribution in [0.5, 0.6) is 0 Å². The van der Waals surface area contributed by atoms with E-state index in [2.05, 4.69) is 152 Å². The highest BCUT2D eigenvalue weighted by molar-refractivity contribution is 6.19. The van der Waals surface area contributed by atoms with Gasteiger partial charge in [-0.15, -0.1) is 0 Å². The van der Waals surface area contributed by atoms with Crippen LogP contribution in [0.4, 0.5) is 0 Å². The van der Waals surface area contributed by atoms with Gasteiger partial charge in [0.2, 0.25) is 0 Å². The van der Waals surface area contributed by atoms with Gasteiger partial charge in [-0.2, -0.15) is 0 Å². The highest BCUT2D eigenvalue weighted by Gasteiger charge is 2.21. The Labute approximate surface area is 234 Å². The van der Waals surface area contributed by atoms with Crippen molar-refractivity contribution < 1.29 is 0 Å². The molecule has 0 aromatic heterocycles.